The summed E-state index contributed by atoms with van der Waals surface area (Å²) in [5.74, 6) is -0.203. The molecule has 1 unspecified atom stereocenters. The van der Waals surface area contributed by atoms with E-state index in [9.17, 15) is 18.8 Å². The molecule has 1 N–H and O–H groups in total. The molecule has 7 nitrogen and oxygen atoms in total. The lowest BCUT2D eigenvalue weighted by Crippen LogP contribution is -2.52. The fourth-order valence-corrected chi connectivity index (χ4v) is 4.93. The van der Waals surface area contributed by atoms with Crippen molar-refractivity contribution in [3.8, 4) is 5.75 Å². The number of hydrogen-bond donors (Lipinski definition) is 1. The Labute approximate surface area is 175 Å². The average molecular weight is 417 g/mol. The average Bonchev–Trinajstić information content (AvgIpc) is 3.30. The van der Waals surface area contributed by atoms with E-state index in [0.29, 0.717) is 30.8 Å². The van der Waals surface area contributed by atoms with Crippen LogP contribution in [-0.2, 0) is 16.1 Å². The predicted octanol–water partition coefficient (Wildman–Crippen LogP) is 2.04. The standard InChI is InChI=1S/C22H28FN3O4/c1-2-25(11-10-23)17-4-3-5-19(17)30-15-6-7-16-14(12-15)13-26(22(16)29)18-8-9-20(27)24-21(18)28/h6-7,12,17-19H,2-5,8-11,13H2,1H3,(H,24,27,28)/t17-,18?,19-/m0/s1. The first-order valence-electron chi connectivity index (χ1n) is 10.8. The summed E-state index contributed by atoms with van der Waals surface area (Å²) >= 11 is 0. The van der Waals surface area contributed by atoms with Gasteiger partial charge in [-0.3, -0.25) is 24.6 Å². The van der Waals surface area contributed by atoms with Crippen molar-refractivity contribution in [1.29, 1.82) is 0 Å². The summed E-state index contributed by atoms with van der Waals surface area (Å²) in [5.41, 5.74) is 1.40. The molecule has 0 bridgehead atoms. The third-order valence-corrected chi connectivity index (χ3v) is 6.45. The van der Waals surface area contributed by atoms with Crippen LogP contribution in [0, 0.1) is 0 Å². The van der Waals surface area contributed by atoms with Crippen molar-refractivity contribution in [2.75, 3.05) is 19.8 Å². The molecular weight excluding hydrogens is 389 g/mol. The minimum Gasteiger partial charge on any atom is -0.489 e. The molecule has 3 atom stereocenters. The molecule has 8 heteroatoms. The Kier molecular flexibility index (Phi) is 6.04. The molecule has 3 aliphatic rings. The van der Waals surface area contributed by atoms with E-state index in [2.05, 4.69) is 10.2 Å². The van der Waals surface area contributed by atoms with Gasteiger partial charge in [-0.15, -0.1) is 0 Å². The molecule has 0 spiro atoms. The lowest BCUT2D eigenvalue weighted by molar-refractivity contribution is -0.136. The van der Waals surface area contributed by atoms with E-state index in [0.717, 1.165) is 31.4 Å². The van der Waals surface area contributed by atoms with Gasteiger partial charge in [0.25, 0.3) is 5.91 Å². The fourth-order valence-electron chi connectivity index (χ4n) is 4.93. The van der Waals surface area contributed by atoms with Crippen LogP contribution in [0.15, 0.2) is 18.2 Å². The number of piperidine rings is 1. The van der Waals surface area contributed by atoms with Gasteiger partial charge in [0.15, 0.2) is 0 Å². The lowest BCUT2D eigenvalue weighted by atomic mass is 10.0. The quantitative estimate of drug-likeness (QED) is 0.687. The van der Waals surface area contributed by atoms with Gasteiger partial charge in [0.05, 0.1) is 0 Å². The molecular formula is C22H28FN3O4. The maximum atomic E-state index is 12.9. The summed E-state index contributed by atoms with van der Waals surface area (Å²) in [6.07, 6.45) is 3.54. The number of halogens is 1. The molecule has 162 valence electrons. The molecule has 0 aromatic heterocycles. The van der Waals surface area contributed by atoms with E-state index in [1.54, 1.807) is 12.1 Å². The van der Waals surface area contributed by atoms with Crippen LogP contribution in [0.25, 0.3) is 0 Å². The smallest absolute Gasteiger partial charge is 0.255 e. The highest BCUT2D eigenvalue weighted by Gasteiger charge is 2.39. The van der Waals surface area contributed by atoms with Gasteiger partial charge < -0.3 is 9.64 Å². The van der Waals surface area contributed by atoms with E-state index in [4.69, 9.17) is 4.74 Å². The summed E-state index contributed by atoms with van der Waals surface area (Å²) in [5, 5.41) is 2.32. The second-order valence-corrected chi connectivity index (χ2v) is 8.19. The van der Waals surface area contributed by atoms with Gasteiger partial charge in [-0.1, -0.05) is 6.92 Å². The molecule has 1 saturated heterocycles. The molecule has 3 amide bonds. The van der Waals surface area contributed by atoms with Crippen molar-refractivity contribution in [2.45, 2.75) is 63.8 Å². The third-order valence-electron chi connectivity index (χ3n) is 6.45. The number of nitrogens with zero attached hydrogens (tertiary/aromatic N) is 2. The highest BCUT2D eigenvalue weighted by molar-refractivity contribution is 6.05. The molecule has 2 aliphatic heterocycles. The highest BCUT2D eigenvalue weighted by atomic mass is 19.1. The molecule has 1 aliphatic carbocycles. The maximum Gasteiger partial charge on any atom is 0.255 e. The normalized spacial score (nSPS) is 26.3. The number of fused-ring (bicyclic) bond motifs is 1. The van der Waals surface area contributed by atoms with Crippen LogP contribution in [-0.4, -0.2) is 65.5 Å². The Balaban J connectivity index is 1.46. The second kappa shape index (κ2) is 8.71. The first-order chi connectivity index (χ1) is 14.5. The molecule has 4 rings (SSSR count). The Hall–Kier alpha value is -2.48. The number of hydrogen-bond acceptors (Lipinski definition) is 5. The van der Waals surface area contributed by atoms with E-state index in [1.807, 2.05) is 13.0 Å². The number of carbonyl (C=O) groups is 3. The molecule has 30 heavy (non-hydrogen) atoms. The van der Waals surface area contributed by atoms with Crippen LogP contribution in [0.2, 0.25) is 0 Å². The maximum absolute atomic E-state index is 12.9. The number of amides is 3. The number of nitrogens with one attached hydrogen (secondary N) is 1. The molecule has 0 radical (unpaired) electrons. The predicted molar refractivity (Wildman–Crippen MR) is 108 cm³/mol. The zero-order valence-corrected chi connectivity index (χ0v) is 17.2. The van der Waals surface area contributed by atoms with Crippen LogP contribution in [0.5, 0.6) is 5.75 Å². The van der Waals surface area contributed by atoms with Gasteiger partial charge in [-0.2, -0.15) is 0 Å². The fraction of sp³-hybridized carbons (Fsp3) is 0.591. The zero-order valence-electron chi connectivity index (χ0n) is 17.2. The van der Waals surface area contributed by atoms with Gasteiger partial charge in [-0.25, -0.2) is 4.39 Å². The summed E-state index contributed by atoms with van der Waals surface area (Å²) in [4.78, 5) is 40.1. The van der Waals surface area contributed by atoms with Gasteiger partial charge in [0.2, 0.25) is 11.8 Å². The summed E-state index contributed by atoms with van der Waals surface area (Å²) < 4.78 is 19.2. The first-order valence-corrected chi connectivity index (χ1v) is 10.8. The minimum atomic E-state index is -0.620. The minimum absolute atomic E-state index is 0.00195. The van der Waals surface area contributed by atoms with Crippen LogP contribution in [0.1, 0.15) is 54.9 Å². The topological polar surface area (TPSA) is 79.0 Å². The Bertz CT molecular complexity index is 846. The van der Waals surface area contributed by atoms with E-state index < -0.39 is 11.9 Å². The first kappa shape index (κ1) is 20.8. The van der Waals surface area contributed by atoms with E-state index in [-0.39, 0.29) is 37.1 Å². The van der Waals surface area contributed by atoms with Crippen LogP contribution in [0.4, 0.5) is 4.39 Å². The second-order valence-electron chi connectivity index (χ2n) is 8.19. The lowest BCUT2D eigenvalue weighted by Gasteiger charge is -2.31. The number of carbonyl (C=O) groups excluding carboxylic acids is 3. The van der Waals surface area contributed by atoms with Crippen molar-refractivity contribution in [1.82, 2.24) is 15.1 Å². The Morgan fingerprint density at radius 3 is 2.80 bits per heavy atom. The van der Waals surface area contributed by atoms with Crippen molar-refractivity contribution in [2.24, 2.45) is 0 Å². The van der Waals surface area contributed by atoms with Gasteiger partial charge in [-0.05, 0) is 56.0 Å². The Morgan fingerprint density at radius 2 is 2.07 bits per heavy atom. The number of ether oxygens (including phenoxy) is 1. The largest absolute Gasteiger partial charge is 0.489 e. The Morgan fingerprint density at radius 1 is 1.23 bits per heavy atom. The molecule has 2 fully saturated rings. The van der Waals surface area contributed by atoms with E-state index in [1.165, 1.54) is 4.90 Å². The number of benzene rings is 1. The molecule has 2 heterocycles. The van der Waals surface area contributed by atoms with Crippen molar-refractivity contribution < 1.29 is 23.5 Å². The molecule has 1 aromatic rings. The number of likely N-dealkylation sites (N-methyl/N-ethyl adjacent to an activating group) is 1. The molecule has 1 saturated carbocycles. The summed E-state index contributed by atoms with van der Waals surface area (Å²) in [7, 11) is 0. The van der Waals surface area contributed by atoms with Gasteiger partial charge in [0.1, 0.15) is 24.6 Å². The van der Waals surface area contributed by atoms with Crippen LogP contribution in [0.3, 0.4) is 0 Å². The summed E-state index contributed by atoms with van der Waals surface area (Å²) in [6.45, 7) is 3.20. The monoisotopic (exact) mass is 417 g/mol. The van der Waals surface area contributed by atoms with Crippen LogP contribution < -0.4 is 10.1 Å². The van der Waals surface area contributed by atoms with Crippen molar-refractivity contribution in [3.63, 3.8) is 0 Å². The SMILES string of the molecule is CCN(CCF)[C@H]1CCC[C@@H]1Oc1ccc2c(c1)CN(C1CCC(=O)NC1=O)C2=O. The van der Waals surface area contributed by atoms with E-state index >= 15 is 0 Å². The van der Waals surface area contributed by atoms with Gasteiger partial charge >= 0.3 is 0 Å². The van der Waals surface area contributed by atoms with Crippen molar-refractivity contribution >= 4 is 17.7 Å². The highest BCUT2D eigenvalue weighted by Crippen LogP contribution is 2.33. The van der Waals surface area contributed by atoms with Crippen LogP contribution >= 0.6 is 0 Å². The number of rotatable bonds is 7. The zero-order chi connectivity index (χ0) is 21.3. The summed E-state index contributed by atoms with van der Waals surface area (Å²) in [6, 6.07) is 5.00. The third kappa shape index (κ3) is 3.93. The number of alkyl halides is 1. The molecule has 1 aromatic carbocycles. The van der Waals surface area contributed by atoms with Crippen molar-refractivity contribution in [3.05, 3.63) is 29.3 Å². The van der Waals surface area contributed by atoms with Gasteiger partial charge in [0, 0.05) is 31.1 Å². The number of imide groups is 1.